The molecule has 1 heterocycles. The molecule has 21 heavy (non-hydrogen) atoms. The Morgan fingerprint density at radius 1 is 1.24 bits per heavy atom. The van der Waals surface area contributed by atoms with Crippen LogP contribution in [0.15, 0.2) is 46.9 Å². The summed E-state index contributed by atoms with van der Waals surface area (Å²) in [6.07, 6.45) is 0.534. The number of aromatic nitrogens is 1. The van der Waals surface area contributed by atoms with Crippen molar-refractivity contribution >= 4 is 28.7 Å². The minimum absolute atomic E-state index is 0.404. The van der Waals surface area contributed by atoms with Crippen molar-refractivity contribution in [3.63, 3.8) is 0 Å². The predicted molar refractivity (Wildman–Crippen MR) is 79.6 cm³/mol. The molecule has 0 aliphatic carbocycles. The summed E-state index contributed by atoms with van der Waals surface area (Å²) in [7, 11) is 1.34. The van der Waals surface area contributed by atoms with E-state index in [1.165, 1.54) is 7.11 Å². The van der Waals surface area contributed by atoms with Gasteiger partial charge in [0, 0.05) is 11.4 Å². The monoisotopic (exact) mass is 301 g/mol. The van der Waals surface area contributed by atoms with Crippen LogP contribution < -0.4 is 0 Å². The third kappa shape index (κ3) is 2.76. The quantitative estimate of drug-likeness (QED) is 0.689. The highest BCUT2D eigenvalue weighted by atomic mass is 35.5. The molecule has 0 saturated carbocycles. The fourth-order valence-corrected chi connectivity index (χ4v) is 2.25. The SMILES string of the molecule is COC(=O)c1cccc2oc(Cc3ccc(Cl)cc3)nc12. The van der Waals surface area contributed by atoms with E-state index in [1.54, 1.807) is 18.2 Å². The number of oxazole rings is 1. The van der Waals surface area contributed by atoms with Crippen LogP contribution in [0.25, 0.3) is 11.1 Å². The number of hydrogen-bond donors (Lipinski definition) is 0. The van der Waals surface area contributed by atoms with E-state index in [0.717, 1.165) is 5.56 Å². The lowest BCUT2D eigenvalue weighted by molar-refractivity contribution is 0.0603. The van der Waals surface area contributed by atoms with Crippen LogP contribution in [0, 0.1) is 0 Å². The molecule has 2 aromatic carbocycles. The first kappa shape index (κ1) is 13.6. The largest absolute Gasteiger partial charge is 0.465 e. The van der Waals surface area contributed by atoms with Gasteiger partial charge in [-0.2, -0.15) is 0 Å². The number of ether oxygens (including phenoxy) is 1. The van der Waals surface area contributed by atoms with Gasteiger partial charge in [0.05, 0.1) is 12.7 Å². The van der Waals surface area contributed by atoms with Gasteiger partial charge in [-0.05, 0) is 29.8 Å². The Morgan fingerprint density at radius 2 is 2.00 bits per heavy atom. The second-order valence-corrected chi connectivity index (χ2v) is 4.99. The fourth-order valence-electron chi connectivity index (χ4n) is 2.12. The highest BCUT2D eigenvalue weighted by Gasteiger charge is 2.15. The maximum Gasteiger partial charge on any atom is 0.340 e. The average Bonchev–Trinajstić information content (AvgIpc) is 2.91. The number of hydrogen-bond acceptors (Lipinski definition) is 4. The smallest absolute Gasteiger partial charge is 0.340 e. The number of rotatable bonds is 3. The van der Waals surface area contributed by atoms with E-state index in [-0.39, 0.29) is 0 Å². The van der Waals surface area contributed by atoms with Crippen LogP contribution in [-0.2, 0) is 11.2 Å². The highest BCUT2D eigenvalue weighted by Crippen LogP contribution is 2.22. The van der Waals surface area contributed by atoms with Crippen molar-refractivity contribution in [2.24, 2.45) is 0 Å². The van der Waals surface area contributed by atoms with Gasteiger partial charge < -0.3 is 9.15 Å². The summed E-state index contributed by atoms with van der Waals surface area (Å²) in [4.78, 5) is 16.1. The Balaban J connectivity index is 1.97. The average molecular weight is 302 g/mol. The number of carbonyl (C=O) groups excluding carboxylic acids is 1. The Morgan fingerprint density at radius 3 is 2.71 bits per heavy atom. The first-order valence-corrected chi connectivity index (χ1v) is 6.76. The van der Waals surface area contributed by atoms with Gasteiger partial charge >= 0.3 is 5.97 Å². The van der Waals surface area contributed by atoms with Crippen molar-refractivity contribution in [1.82, 2.24) is 4.98 Å². The normalized spacial score (nSPS) is 10.8. The third-order valence-electron chi connectivity index (χ3n) is 3.14. The lowest BCUT2D eigenvalue weighted by Gasteiger charge is -1.97. The van der Waals surface area contributed by atoms with Crippen molar-refractivity contribution in [3.05, 3.63) is 64.5 Å². The standard InChI is InChI=1S/C16H12ClNO3/c1-20-16(19)12-3-2-4-13-15(12)18-14(21-13)9-10-5-7-11(17)8-6-10/h2-8H,9H2,1H3. The summed E-state index contributed by atoms with van der Waals surface area (Å²) in [6.45, 7) is 0. The summed E-state index contributed by atoms with van der Waals surface area (Å²) in [5.41, 5.74) is 2.53. The second kappa shape index (κ2) is 5.58. The van der Waals surface area contributed by atoms with Crippen LogP contribution in [0.2, 0.25) is 5.02 Å². The summed E-state index contributed by atoms with van der Waals surface area (Å²) in [6, 6.07) is 12.7. The summed E-state index contributed by atoms with van der Waals surface area (Å²) in [5, 5.41) is 0.685. The topological polar surface area (TPSA) is 52.3 Å². The molecule has 0 radical (unpaired) electrons. The molecule has 3 aromatic rings. The van der Waals surface area contributed by atoms with Gasteiger partial charge in [0.15, 0.2) is 11.5 Å². The molecule has 3 rings (SSSR count). The molecule has 0 fully saturated rings. The Bertz CT molecular complexity index is 793. The molecular formula is C16H12ClNO3. The molecule has 0 atom stereocenters. The molecule has 0 unspecified atom stereocenters. The molecule has 0 aliphatic heterocycles. The van der Waals surface area contributed by atoms with Crippen molar-refractivity contribution in [3.8, 4) is 0 Å². The number of benzene rings is 2. The van der Waals surface area contributed by atoms with Crippen molar-refractivity contribution in [1.29, 1.82) is 0 Å². The van der Waals surface area contributed by atoms with Crippen LogP contribution in [0.4, 0.5) is 0 Å². The maximum atomic E-state index is 11.7. The fraction of sp³-hybridized carbons (Fsp3) is 0.125. The zero-order valence-electron chi connectivity index (χ0n) is 11.3. The van der Waals surface area contributed by atoms with Gasteiger partial charge in [-0.15, -0.1) is 0 Å². The van der Waals surface area contributed by atoms with E-state index in [4.69, 9.17) is 20.8 Å². The van der Waals surface area contributed by atoms with E-state index in [1.807, 2.05) is 24.3 Å². The van der Waals surface area contributed by atoms with E-state index < -0.39 is 5.97 Å². The summed E-state index contributed by atoms with van der Waals surface area (Å²) in [5.74, 6) is 0.121. The van der Waals surface area contributed by atoms with Crippen molar-refractivity contribution in [2.45, 2.75) is 6.42 Å². The lowest BCUT2D eigenvalue weighted by atomic mass is 10.1. The summed E-state index contributed by atoms with van der Waals surface area (Å²) >= 11 is 5.86. The van der Waals surface area contributed by atoms with Gasteiger partial charge in [0.2, 0.25) is 0 Å². The van der Waals surface area contributed by atoms with Gasteiger partial charge in [-0.25, -0.2) is 9.78 Å². The Labute approximate surface area is 126 Å². The molecule has 0 N–H and O–H groups in total. The van der Waals surface area contributed by atoms with E-state index in [2.05, 4.69) is 4.98 Å². The molecule has 4 nitrogen and oxygen atoms in total. The van der Waals surface area contributed by atoms with Crippen LogP contribution >= 0.6 is 11.6 Å². The van der Waals surface area contributed by atoms with Crippen LogP contribution in [0.3, 0.4) is 0 Å². The zero-order chi connectivity index (χ0) is 14.8. The molecule has 0 bridgehead atoms. The molecule has 5 heteroatoms. The van der Waals surface area contributed by atoms with E-state index in [9.17, 15) is 4.79 Å². The second-order valence-electron chi connectivity index (χ2n) is 4.55. The van der Waals surface area contributed by atoms with Crippen LogP contribution in [0.5, 0.6) is 0 Å². The van der Waals surface area contributed by atoms with Gasteiger partial charge in [0.25, 0.3) is 0 Å². The number of fused-ring (bicyclic) bond motifs is 1. The van der Waals surface area contributed by atoms with Crippen molar-refractivity contribution < 1.29 is 13.9 Å². The molecular weight excluding hydrogens is 290 g/mol. The van der Waals surface area contributed by atoms with Crippen LogP contribution in [0.1, 0.15) is 21.8 Å². The number of methoxy groups -OCH3 is 1. The maximum absolute atomic E-state index is 11.7. The minimum Gasteiger partial charge on any atom is -0.465 e. The van der Waals surface area contributed by atoms with Crippen molar-refractivity contribution in [2.75, 3.05) is 7.11 Å². The van der Waals surface area contributed by atoms with Crippen LogP contribution in [-0.4, -0.2) is 18.1 Å². The molecule has 0 saturated heterocycles. The number of carbonyl (C=O) groups is 1. The van der Waals surface area contributed by atoms with Gasteiger partial charge in [0.1, 0.15) is 5.52 Å². The molecule has 0 spiro atoms. The number of nitrogens with zero attached hydrogens (tertiary/aromatic N) is 1. The van der Waals surface area contributed by atoms with E-state index in [0.29, 0.717) is 34.0 Å². The van der Waals surface area contributed by atoms with Gasteiger partial charge in [-0.1, -0.05) is 29.8 Å². The Kier molecular flexibility index (Phi) is 3.62. The lowest BCUT2D eigenvalue weighted by Crippen LogP contribution is -2.01. The number of esters is 1. The van der Waals surface area contributed by atoms with E-state index >= 15 is 0 Å². The first-order valence-electron chi connectivity index (χ1n) is 6.38. The predicted octanol–water partition coefficient (Wildman–Crippen LogP) is 3.86. The molecule has 106 valence electrons. The minimum atomic E-state index is -0.424. The number of para-hydroxylation sites is 1. The third-order valence-corrected chi connectivity index (χ3v) is 3.39. The number of halogens is 1. The molecule has 0 aliphatic rings. The molecule has 1 aromatic heterocycles. The summed E-state index contributed by atoms with van der Waals surface area (Å²) < 4.78 is 10.4. The first-order chi connectivity index (χ1) is 10.2. The molecule has 0 amide bonds. The Hall–Kier alpha value is -2.33. The highest BCUT2D eigenvalue weighted by molar-refractivity contribution is 6.30. The van der Waals surface area contributed by atoms with Gasteiger partial charge in [-0.3, -0.25) is 0 Å². The zero-order valence-corrected chi connectivity index (χ0v) is 12.1.